The molecule has 0 aromatic carbocycles. The predicted octanol–water partition coefficient (Wildman–Crippen LogP) is 0.0996. The fourth-order valence-corrected chi connectivity index (χ4v) is 0.490. The average molecular weight is 100 g/mol. The molecule has 0 bridgehead atoms. The van der Waals surface area contributed by atoms with Gasteiger partial charge in [0.25, 0.3) is 0 Å². The lowest BCUT2D eigenvalue weighted by atomic mass is 10.4. The summed E-state index contributed by atoms with van der Waals surface area (Å²) in [5.74, 6) is 0. The van der Waals surface area contributed by atoms with Gasteiger partial charge in [0.15, 0.2) is 0 Å². The van der Waals surface area contributed by atoms with E-state index in [9.17, 15) is 0 Å². The van der Waals surface area contributed by atoms with E-state index in [4.69, 9.17) is 5.21 Å². The summed E-state index contributed by atoms with van der Waals surface area (Å²) < 4.78 is 0. The van der Waals surface area contributed by atoms with E-state index < -0.39 is 0 Å². The normalized spacial score (nSPS) is 20.4. The predicted molar refractivity (Wildman–Crippen MR) is 25.4 cm³/mol. The van der Waals surface area contributed by atoms with E-state index in [0.29, 0.717) is 0 Å². The van der Waals surface area contributed by atoms with Crippen LogP contribution in [0.5, 0.6) is 0 Å². The highest BCUT2D eigenvalue weighted by Gasteiger charge is 1.93. The molecule has 0 saturated heterocycles. The average Bonchev–Trinajstić information content (AvgIpc) is 1.69. The summed E-state index contributed by atoms with van der Waals surface area (Å²) in [5.41, 5.74) is 2.68. The van der Waals surface area contributed by atoms with Crippen molar-refractivity contribution < 1.29 is 5.21 Å². The van der Waals surface area contributed by atoms with E-state index in [1.165, 1.54) is 0 Å². The van der Waals surface area contributed by atoms with E-state index in [0.717, 1.165) is 18.1 Å². The molecule has 0 radical (unpaired) electrons. The van der Waals surface area contributed by atoms with Crippen LogP contribution in [-0.2, 0) is 0 Å². The molecule has 0 atom stereocenters. The van der Waals surface area contributed by atoms with E-state index in [-0.39, 0.29) is 0 Å². The van der Waals surface area contributed by atoms with Gasteiger partial charge in [-0.3, -0.25) is 5.21 Å². The smallest absolute Gasteiger partial charge is 0.0420 e. The maximum absolute atomic E-state index is 8.54. The third-order valence-electron chi connectivity index (χ3n) is 0.831. The molecule has 0 spiro atoms. The van der Waals surface area contributed by atoms with Crippen LogP contribution in [0.15, 0.2) is 12.3 Å². The SMILES string of the molecule is ON1C=CCCN1. The lowest BCUT2D eigenvalue weighted by Crippen LogP contribution is -2.33. The summed E-state index contributed by atoms with van der Waals surface area (Å²) in [6.45, 7) is 0.826. The van der Waals surface area contributed by atoms with Crippen LogP contribution in [0.4, 0.5) is 0 Å². The quantitative estimate of drug-likeness (QED) is 0.453. The standard InChI is InChI=1S/C4H8N2O/c7-6-4-2-1-3-5-6/h2,4-5,7H,1,3H2. The van der Waals surface area contributed by atoms with Gasteiger partial charge in [-0.15, -0.1) is 0 Å². The first-order valence-corrected chi connectivity index (χ1v) is 2.28. The van der Waals surface area contributed by atoms with E-state index >= 15 is 0 Å². The summed E-state index contributed by atoms with van der Waals surface area (Å²) in [6, 6.07) is 0. The third kappa shape index (κ3) is 1.17. The molecule has 0 aromatic rings. The molecular formula is C4H8N2O. The van der Waals surface area contributed by atoms with Crippen LogP contribution in [0.3, 0.4) is 0 Å². The number of rotatable bonds is 0. The van der Waals surface area contributed by atoms with Crippen LogP contribution in [0.25, 0.3) is 0 Å². The third-order valence-corrected chi connectivity index (χ3v) is 0.831. The Balaban J connectivity index is 2.36. The summed E-state index contributed by atoms with van der Waals surface area (Å²) in [6.07, 6.45) is 4.48. The monoisotopic (exact) mass is 100 g/mol. The van der Waals surface area contributed by atoms with Crippen molar-refractivity contribution in [1.29, 1.82) is 0 Å². The van der Waals surface area contributed by atoms with Crippen LogP contribution in [-0.4, -0.2) is 16.9 Å². The first-order valence-electron chi connectivity index (χ1n) is 2.28. The number of hydrogen-bond acceptors (Lipinski definition) is 3. The summed E-state index contributed by atoms with van der Waals surface area (Å²) in [7, 11) is 0. The van der Waals surface area contributed by atoms with Gasteiger partial charge in [0.1, 0.15) is 0 Å². The maximum Gasteiger partial charge on any atom is 0.0420 e. The van der Waals surface area contributed by atoms with Gasteiger partial charge in [0, 0.05) is 12.7 Å². The Morgan fingerprint density at radius 2 is 2.57 bits per heavy atom. The van der Waals surface area contributed by atoms with Crippen molar-refractivity contribution in [3.63, 3.8) is 0 Å². The summed E-state index contributed by atoms with van der Waals surface area (Å²) in [4.78, 5) is 0. The topological polar surface area (TPSA) is 35.5 Å². The highest BCUT2D eigenvalue weighted by molar-refractivity contribution is 4.81. The maximum atomic E-state index is 8.54. The van der Waals surface area contributed by atoms with Gasteiger partial charge in [0.2, 0.25) is 0 Å². The molecule has 1 heterocycles. The molecule has 0 amide bonds. The molecule has 0 fully saturated rings. The second-order valence-corrected chi connectivity index (χ2v) is 1.43. The van der Waals surface area contributed by atoms with Crippen molar-refractivity contribution in [3.05, 3.63) is 12.3 Å². The van der Waals surface area contributed by atoms with Gasteiger partial charge >= 0.3 is 0 Å². The van der Waals surface area contributed by atoms with Crippen LogP contribution in [0.2, 0.25) is 0 Å². The second-order valence-electron chi connectivity index (χ2n) is 1.43. The first-order chi connectivity index (χ1) is 3.39. The second kappa shape index (κ2) is 1.95. The molecule has 1 rings (SSSR count). The number of nitrogens with zero attached hydrogens (tertiary/aromatic N) is 1. The highest BCUT2D eigenvalue weighted by Crippen LogP contribution is 1.89. The number of hydrazine groups is 1. The Bertz CT molecular complexity index is 81.8. The highest BCUT2D eigenvalue weighted by atomic mass is 16.5. The van der Waals surface area contributed by atoms with Crippen LogP contribution in [0, 0.1) is 0 Å². The first kappa shape index (κ1) is 4.61. The van der Waals surface area contributed by atoms with Crippen molar-refractivity contribution in [3.8, 4) is 0 Å². The molecule has 0 aromatic heterocycles. The van der Waals surface area contributed by atoms with E-state index in [1.54, 1.807) is 6.20 Å². The van der Waals surface area contributed by atoms with Gasteiger partial charge in [-0.2, -0.15) is 5.17 Å². The van der Waals surface area contributed by atoms with Crippen LogP contribution in [0.1, 0.15) is 6.42 Å². The van der Waals surface area contributed by atoms with Gasteiger partial charge in [-0.1, -0.05) is 6.08 Å². The molecule has 0 unspecified atom stereocenters. The number of hydroxylamine groups is 1. The summed E-state index contributed by atoms with van der Waals surface area (Å²) in [5, 5.41) is 9.51. The van der Waals surface area contributed by atoms with Crippen LogP contribution >= 0.6 is 0 Å². The lowest BCUT2D eigenvalue weighted by molar-refractivity contribution is -0.0922. The van der Waals surface area contributed by atoms with Gasteiger partial charge in [-0.05, 0) is 6.42 Å². The largest absolute Gasteiger partial charge is 0.273 e. The molecule has 3 heteroatoms. The van der Waals surface area contributed by atoms with Crippen molar-refractivity contribution >= 4 is 0 Å². The molecule has 1 aliphatic rings. The van der Waals surface area contributed by atoms with Gasteiger partial charge < -0.3 is 0 Å². The van der Waals surface area contributed by atoms with Crippen LogP contribution < -0.4 is 5.43 Å². The molecular weight excluding hydrogens is 92.1 g/mol. The van der Waals surface area contributed by atoms with Crippen molar-refractivity contribution in [1.82, 2.24) is 10.6 Å². The van der Waals surface area contributed by atoms with Crippen molar-refractivity contribution in [2.45, 2.75) is 6.42 Å². The minimum atomic E-state index is 0.826. The molecule has 7 heavy (non-hydrogen) atoms. The lowest BCUT2D eigenvalue weighted by Gasteiger charge is -2.15. The Morgan fingerprint density at radius 1 is 1.71 bits per heavy atom. The zero-order valence-electron chi connectivity index (χ0n) is 3.96. The minimum Gasteiger partial charge on any atom is -0.273 e. The fourth-order valence-electron chi connectivity index (χ4n) is 0.490. The zero-order valence-corrected chi connectivity index (χ0v) is 3.96. The number of hydrogen-bond donors (Lipinski definition) is 2. The Labute approximate surface area is 42.2 Å². The Morgan fingerprint density at radius 3 is 2.86 bits per heavy atom. The van der Waals surface area contributed by atoms with Crippen molar-refractivity contribution in [2.24, 2.45) is 0 Å². The molecule has 0 aliphatic carbocycles. The fraction of sp³-hybridized carbons (Fsp3) is 0.500. The molecule has 0 saturated carbocycles. The molecule has 2 N–H and O–H groups in total. The zero-order chi connectivity index (χ0) is 5.11. The molecule has 40 valence electrons. The Kier molecular flexibility index (Phi) is 1.29. The minimum absolute atomic E-state index is 0.826. The Hall–Kier alpha value is -0.540. The van der Waals surface area contributed by atoms with Gasteiger partial charge in [0.05, 0.1) is 0 Å². The van der Waals surface area contributed by atoms with E-state index in [2.05, 4.69) is 5.43 Å². The number of nitrogens with one attached hydrogen (secondary N) is 1. The van der Waals surface area contributed by atoms with E-state index in [1.807, 2.05) is 6.08 Å². The van der Waals surface area contributed by atoms with Crippen molar-refractivity contribution in [2.75, 3.05) is 6.54 Å². The van der Waals surface area contributed by atoms with Gasteiger partial charge in [-0.25, -0.2) is 5.43 Å². The molecule has 3 nitrogen and oxygen atoms in total. The molecule has 1 aliphatic heterocycles. The summed E-state index contributed by atoms with van der Waals surface area (Å²) >= 11 is 0.